The third kappa shape index (κ3) is 3.41. The maximum Gasteiger partial charge on any atom is 0.336 e. The first kappa shape index (κ1) is 19.6. The van der Waals surface area contributed by atoms with Crippen molar-refractivity contribution in [2.24, 2.45) is 0 Å². The number of benzene rings is 1. The van der Waals surface area contributed by atoms with Crippen molar-refractivity contribution in [3.8, 4) is 5.75 Å². The average molecular weight is 501 g/mol. The van der Waals surface area contributed by atoms with Gasteiger partial charge in [-0.25, -0.2) is 0 Å². The summed E-state index contributed by atoms with van der Waals surface area (Å²) in [4.78, 5) is 14.6. The number of carbonyl (C=O) groups is 1. The average Bonchev–Trinajstić information content (AvgIpc) is 3.14. The van der Waals surface area contributed by atoms with E-state index in [1.54, 1.807) is 35.9 Å². The summed E-state index contributed by atoms with van der Waals surface area (Å²) < 4.78 is 31.9. The molecule has 2 aromatic rings. The van der Waals surface area contributed by atoms with Crippen LogP contribution in [0.2, 0.25) is 0 Å². The molecule has 0 unspecified atom stereocenters. The lowest BCUT2D eigenvalue weighted by Gasteiger charge is -2.45. The quantitative estimate of drug-likeness (QED) is 0.516. The Hall–Kier alpha value is -1.68. The predicted molar refractivity (Wildman–Crippen MR) is 110 cm³/mol. The number of alkyl halides is 3. The summed E-state index contributed by atoms with van der Waals surface area (Å²) in [5, 5.41) is 3.55. The smallest absolute Gasteiger partial charge is 0.336 e. The van der Waals surface area contributed by atoms with Crippen molar-refractivity contribution in [1.29, 1.82) is 0 Å². The molecule has 0 radical (unpaired) electrons. The van der Waals surface area contributed by atoms with E-state index in [-0.39, 0.29) is 17.1 Å². The van der Waals surface area contributed by atoms with Gasteiger partial charge < -0.3 is 19.5 Å². The van der Waals surface area contributed by atoms with E-state index in [2.05, 4.69) is 5.32 Å². The van der Waals surface area contributed by atoms with Gasteiger partial charge in [0.25, 0.3) is 5.91 Å². The van der Waals surface area contributed by atoms with E-state index in [4.69, 9.17) is 4.74 Å². The fraction of sp³-hybridized carbons (Fsp3) is 0.450. The SMILES string of the molecule is COc1ccc(C(=O)N2CCC3(CC2)NCCn2c(C(F)(F)I)ccc23)cc1. The van der Waals surface area contributed by atoms with E-state index < -0.39 is 3.93 Å². The zero-order chi connectivity index (χ0) is 19.9. The Morgan fingerprint density at radius 1 is 1.14 bits per heavy atom. The van der Waals surface area contributed by atoms with Gasteiger partial charge in [0.15, 0.2) is 0 Å². The molecule has 2 aliphatic rings. The lowest BCUT2D eigenvalue weighted by Crippen LogP contribution is -2.56. The zero-order valence-corrected chi connectivity index (χ0v) is 17.7. The molecule has 5 nitrogen and oxygen atoms in total. The first-order valence-corrected chi connectivity index (χ1v) is 10.4. The summed E-state index contributed by atoms with van der Waals surface area (Å²) in [7, 11) is 1.59. The third-order valence-corrected chi connectivity index (χ3v) is 6.35. The van der Waals surface area contributed by atoms with Crippen LogP contribution in [0.3, 0.4) is 0 Å². The Kier molecular flexibility index (Phi) is 5.11. The number of rotatable bonds is 3. The van der Waals surface area contributed by atoms with Crippen molar-refractivity contribution in [3.63, 3.8) is 0 Å². The van der Waals surface area contributed by atoms with E-state index in [1.807, 2.05) is 11.0 Å². The van der Waals surface area contributed by atoms with Gasteiger partial charge in [-0.1, -0.05) is 0 Å². The first-order valence-electron chi connectivity index (χ1n) is 9.30. The number of methoxy groups -OCH3 is 1. The molecule has 28 heavy (non-hydrogen) atoms. The molecular formula is C20H22F2IN3O2. The van der Waals surface area contributed by atoms with Gasteiger partial charge in [0.1, 0.15) is 5.75 Å². The normalized spacial score (nSPS) is 18.8. The summed E-state index contributed by atoms with van der Waals surface area (Å²) >= 11 is 1.19. The molecule has 1 N–H and O–H groups in total. The number of piperidine rings is 1. The minimum atomic E-state index is -2.89. The van der Waals surface area contributed by atoms with Crippen LogP contribution in [0.15, 0.2) is 36.4 Å². The lowest BCUT2D eigenvalue weighted by atomic mass is 9.83. The summed E-state index contributed by atoms with van der Waals surface area (Å²) in [6, 6.07) is 10.4. The van der Waals surface area contributed by atoms with E-state index >= 15 is 0 Å². The molecule has 2 aliphatic heterocycles. The van der Waals surface area contributed by atoms with Gasteiger partial charge in [0, 0.05) is 60.0 Å². The van der Waals surface area contributed by atoms with Crippen molar-refractivity contribution in [2.45, 2.75) is 28.9 Å². The molecule has 1 aromatic carbocycles. The van der Waals surface area contributed by atoms with Crippen LogP contribution in [0, 0.1) is 0 Å². The molecule has 0 aliphatic carbocycles. The minimum absolute atomic E-state index is 0.0109. The fourth-order valence-electron chi connectivity index (χ4n) is 4.31. The Bertz CT molecular complexity index is 869. The van der Waals surface area contributed by atoms with Crippen molar-refractivity contribution in [1.82, 2.24) is 14.8 Å². The maximum atomic E-state index is 13.9. The summed E-state index contributed by atoms with van der Waals surface area (Å²) in [6.07, 6.45) is 1.40. The molecule has 0 atom stereocenters. The molecule has 8 heteroatoms. The topological polar surface area (TPSA) is 46.5 Å². The molecule has 0 bridgehead atoms. The predicted octanol–water partition coefficient (Wildman–Crippen LogP) is 3.72. The van der Waals surface area contributed by atoms with Gasteiger partial charge in [-0.05, 0) is 49.2 Å². The lowest BCUT2D eigenvalue weighted by molar-refractivity contribution is 0.0605. The van der Waals surface area contributed by atoms with Crippen LogP contribution in [-0.4, -0.2) is 42.1 Å². The van der Waals surface area contributed by atoms with E-state index in [0.29, 0.717) is 50.3 Å². The van der Waals surface area contributed by atoms with Crippen molar-refractivity contribution >= 4 is 28.5 Å². The summed E-state index contributed by atoms with van der Waals surface area (Å²) in [6.45, 7) is 2.35. The number of amides is 1. The number of likely N-dealkylation sites (tertiary alicyclic amines) is 1. The minimum Gasteiger partial charge on any atom is -0.497 e. The molecular weight excluding hydrogens is 479 g/mol. The van der Waals surface area contributed by atoms with Crippen LogP contribution in [0.25, 0.3) is 0 Å². The zero-order valence-electron chi connectivity index (χ0n) is 15.6. The number of aromatic nitrogens is 1. The van der Waals surface area contributed by atoms with Gasteiger partial charge in [-0.2, -0.15) is 8.78 Å². The number of fused-ring (bicyclic) bond motifs is 2. The van der Waals surface area contributed by atoms with E-state index in [9.17, 15) is 13.6 Å². The number of carbonyl (C=O) groups excluding carboxylic acids is 1. The number of nitrogens with one attached hydrogen (secondary N) is 1. The molecule has 1 fully saturated rings. The second kappa shape index (κ2) is 7.29. The van der Waals surface area contributed by atoms with E-state index in [1.165, 1.54) is 28.7 Å². The van der Waals surface area contributed by atoms with Gasteiger partial charge in [-0.3, -0.25) is 4.79 Å². The number of nitrogens with zero attached hydrogens (tertiary/aromatic N) is 2. The standard InChI is InChI=1S/C20H22F2IN3O2/c1-28-15-4-2-14(3-5-15)18(27)25-11-8-19(9-12-25)16-6-7-17(20(21,22)23)26(16)13-10-24-19/h2-7,24H,8-13H2,1H3. The van der Waals surface area contributed by atoms with Crippen LogP contribution >= 0.6 is 22.6 Å². The largest absolute Gasteiger partial charge is 0.497 e. The Morgan fingerprint density at radius 3 is 2.43 bits per heavy atom. The fourth-order valence-corrected chi connectivity index (χ4v) is 4.78. The van der Waals surface area contributed by atoms with Crippen LogP contribution in [0.5, 0.6) is 5.75 Å². The Morgan fingerprint density at radius 2 is 1.82 bits per heavy atom. The highest BCUT2D eigenvalue weighted by Gasteiger charge is 2.43. The Balaban J connectivity index is 1.51. The van der Waals surface area contributed by atoms with Gasteiger partial charge in [0.2, 0.25) is 0 Å². The van der Waals surface area contributed by atoms with Gasteiger partial charge in [-0.15, -0.1) is 0 Å². The number of halogens is 3. The number of ether oxygens (including phenoxy) is 1. The summed E-state index contributed by atoms with van der Waals surface area (Å²) in [5.41, 5.74) is 1.24. The molecule has 0 saturated carbocycles. The third-order valence-electron chi connectivity index (χ3n) is 5.80. The molecule has 3 heterocycles. The first-order chi connectivity index (χ1) is 13.3. The molecule has 1 amide bonds. The van der Waals surface area contributed by atoms with Gasteiger partial charge in [0.05, 0.1) is 18.3 Å². The molecule has 1 aromatic heterocycles. The highest BCUT2D eigenvalue weighted by atomic mass is 127. The van der Waals surface area contributed by atoms with Crippen LogP contribution in [-0.2, 0) is 16.0 Å². The molecule has 1 spiro atoms. The van der Waals surface area contributed by atoms with Crippen LogP contribution in [0.1, 0.15) is 34.6 Å². The highest BCUT2D eigenvalue weighted by Crippen LogP contribution is 2.42. The second-order valence-corrected chi connectivity index (χ2v) is 8.64. The van der Waals surface area contributed by atoms with Crippen LogP contribution in [0.4, 0.5) is 8.78 Å². The van der Waals surface area contributed by atoms with E-state index in [0.717, 1.165) is 5.69 Å². The van der Waals surface area contributed by atoms with Crippen molar-refractivity contribution in [2.75, 3.05) is 26.7 Å². The number of hydrogen-bond donors (Lipinski definition) is 1. The maximum absolute atomic E-state index is 13.9. The Labute approximate surface area is 176 Å². The molecule has 1 saturated heterocycles. The van der Waals surface area contributed by atoms with Crippen molar-refractivity contribution < 1.29 is 18.3 Å². The molecule has 4 rings (SSSR count). The number of hydrogen-bond acceptors (Lipinski definition) is 3. The summed E-state index contributed by atoms with van der Waals surface area (Å²) in [5.74, 6) is 0.701. The second-order valence-electron chi connectivity index (χ2n) is 7.28. The monoisotopic (exact) mass is 501 g/mol. The highest BCUT2D eigenvalue weighted by molar-refractivity contribution is 14.1. The van der Waals surface area contributed by atoms with Gasteiger partial charge >= 0.3 is 3.93 Å². The van der Waals surface area contributed by atoms with Crippen LogP contribution < -0.4 is 10.1 Å². The molecule has 150 valence electrons. The van der Waals surface area contributed by atoms with Crippen molar-refractivity contribution in [3.05, 3.63) is 53.3 Å².